The first-order valence-electron chi connectivity index (χ1n) is 11.8. The number of carbonyl (C=O) groups excluding carboxylic acids is 2. The zero-order valence-electron chi connectivity index (χ0n) is 20.1. The second kappa shape index (κ2) is 9.77. The van der Waals surface area contributed by atoms with Gasteiger partial charge in [-0.1, -0.05) is 19.9 Å². The average molecular weight is 489 g/mol. The molecule has 3 heterocycles. The Morgan fingerprint density at radius 1 is 1.26 bits per heavy atom. The van der Waals surface area contributed by atoms with E-state index in [0.717, 1.165) is 32.0 Å². The minimum absolute atomic E-state index is 0.0461. The van der Waals surface area contributed by atoms with Gasteiger partial charge in [0.25, 0.3) is 11.8 Å². The van der Waals surface area contributed by atoms with Crippen LogP contribution in [0.1, 0.15) is 60.0 Å². The maximum absolute atomic E-state index is 13.9. The van der Waals surface area contributed by atoms with Crippen LogP contribution in [0.2, 0.25) is 0 Å². The first kappa shape index (κ1) is 24.8. The van der Waals surface area contributed by atoms with Crippen molar-refractivity contribution in [2.75, 3.05) is 13.1 Å². The van der Waals surface area contributed by atoms with E-state index in [9.17, 15) is 28.3 Å². The summed E-state index contributed by atoms with van der Waals surface area (Å²) in [4.78, 5) is 42.9. The first-order chi connectivity index (χ1) is 16.6. The van der Waals surface area contributed by atoms with Crippen molar-refractivity contribution in [3.8, 4) is 5.75 Å². The Kier molecular flexibility index (Phi) is 6.93. The quantitative estimate of drug-likeness (QED) is 0.652. The predicted octanol–water partition coefficient (Wildman–Crippen LogP) is 2.68. The smallest absolute Gasteiger partial charge is 0.276 e. The van der Waals surface area contributed by atoms with E-state index in [1.54, 1.807) is 4.90 Å². The number of fused-ring (bicyclic) bond motifs is 2. The van der Waals surface area contributed by atoms with E-state index in [0.29, 0.717) is 18.5 Å². The van der Waals surface area contributed by atoms with Crippen molar-refractivity contribution >= 4 is 11.8 Å². The number of benzene rings is 1. The number of carbonyl (C=O) groups is 2. The maximum Gasteiger partial charge on any atom is 0.276 e. The number of hydrogen-bond donors (Lipinski definition) is 2. The number of hydrogen-bond acceptors (Lipinski definition) is 5. The highest BCUT2D eigenvalue weighted by molar-refractivity contribution is 5.99. The Morgan fingerprint density at radius 3 is 2.69 bits per heavy atom. The van der Waals surface area contributed by atoms with E-state index < -0.39 is 34.6 Å². The van der Waals surface area contributed by atoms with Gasteiger partial charge in [-0.15, -0.1) is 0 Å². The summed E-state index contributed by atoms with van der Waals surface area (Å²) >= 11 is 0. The predicted molar refractivity (Wildman–Crippen MR) is 125 cm³/mol. The fraction of sp³-hybridized carbons (Fsp3) is 0.480. The summed E-state index contributed by atoms with van der Waals surface area (Å²) in [6.45, 7) is 7.87. The average Bonchev–Trinajstić information content (AvgIpc) is 2.79. The highest BCUT2D eigenvalue weighted by Crippen LogP contribution is 2.31. The van der Waals surface area contributed by atoms with Crippen molar-refractivity contribution in [1.29, 1.82) is 0 Å². The van der Waals surface area contributed by atoms with Crippen LogP contribution in [0.15, 0.2) is 29.2 Å². The molecule has 1 fully saturated rings. The molecule has 1 saturated heterocycles. The molecule has 1 aromatic heterocycles. The van der Waals surface area contributed by atoms with Gasteiger partial charge in [0.1, 0.15) is 23.4 Å². The lowest BCUT2D eigenvalue weighted by Crippen LogP contribution is -2.63. The lowest BCUT2D eigenvalue weighted by molar-refractivity contribution is -0.0338. The van der Waals surface area contributed by atoms with Gasteiger partial charge in [0.05, 0.1) is 6.54 Å². The number of rotatable bonds is 6. The molecule has 2 aliphatic rings. The monoisotopic (exact) mass is 488 g/mol. The Labute approximate surface area is 202 Å². The van der Waals surface area contributed by atoms with Crippen molar-refractivity contribution in [3.05, 3.63) is 63.1 Å². The van der Waals surface area contributed by atoms with Crippen molar-refractivity contribution in [2.24, 2.45) is 5.92 Å². The van der Waals surface area contributed by atoms with Gasteiger partial charge in [0.2, 0.25) is 5.43 Å². The van der Waals surface area contributed by atoms with Gasteiger partial charge in [-0.2, -0.15) is 0 Å². The van der Waals surface area contributed by atoms with Crippen LogP contribution in [0.5, 0.6) is 5.75 Å². The molecular formula is C25H30F2N4O4. The minimum atomic E-state index is -0.971. The van der Waals surface area contributed by atoms with E-state index in [2.05, 4.69) is 24.1 Å². The van der Waals surface area contributed by atoms with Crippen LogP contribution in [0.25, 0.3) is 0 Å². The van der Waals surface area contributed by atoms with E-state index in [-0.39, 0.29) is 35.6 Å². The largest absolute Gasteiger partial charge is 0.503 e. The summed E-state index contributed by atoms with van der Waals surface area (Å²) in [6.07, 6.45) is 2.76. The molecule has 0 saturated carbocycles. The normalized spacial score (nSPS) is 20.1. The Hall–Kier alpha value is -3.27. The van der Waals surface area contributed by atoms with Crippen molar-refractivity contribution in [2.45, 2.75) is 58.9 Å². The molecule has 0 bridgehead atoms. The third-order valence-electron chi connectivity index (χ3n) is 6.80. The van der Waals surface area contributed by atoms with E-state index >= 15 is 0 Å². The van der Waals surface area contributed by atoms with Crippen LogP contribution >= 0.6 is 0 Å². The summed E-state index contributed by atoms with van der Waals surface area (Å²) < 4.78 is 28.5. The molecule has 0 aliphatic carbocycles. The topological polar surface area (TPSA) is 94.9 Å². The molecule has 10 heteroatoms. The molecule has 35 heavy (non-hydrogen) atoms. The standard InChI is InChI=1S/C25H30F2N4O4/c1-14(2)6-8-29-9-7-15(3)31-20(29)13-30-12-18(22(32)23(33)21(30)25(31)35)24(34)28-11-16-4-5-17(26)10-19(16)27/h4-5,10,12,14-15,20,33H,6-9,11,13H2,1-3H3,(H,28,34). The van der Waals surface area contributed by atoms with Crippen LogP contribution in [-0.4, -0.2) is 56.6 Å². The molecular weight excluding hydrogens is 458 g/mol. The highest BCUT2D eigenvalue weighted by Gasteiger charge is 2.43. The number of pyridine rings is 1. The number of amides is 2. The zero-order chi connectivity index (χ0) is 25.4. The molecule has 2 N–H and O–H groups in total. The van der Waals surface area contributed by atoms with E-state index in [1.165, 1.54) is 16.8 Å². The maximum atomic E-state index is 13.9. The van der Waals surface area contributed by atoms with Gasteiger partial charge in [0, 0.05) is 43.5 Å². The summed E-state index contributed by atoms with van der Waals surface area (Å²) in [5, 5.41) is 13.1. The van der Waals surface area contributed by atoms with Gasteiger partial charge in [0.15, 0.2) is 11.4 Å². The molecule has 2 unspecified atom stereocenters. The van der Waals surface area contributed by atoms with Crippen LogP contribution in [0, 0.1) is 17.6 Å². The molecule has 188 valence electrons. The highest BCUT2D eigenvalue weighted by atomic mass is 19.1. The summed E-state index contributed by atoms with van der Waals surface area (Å²) in [7, 11) is 0. The van der Waals surface area contributed by atoms with Crippen LogP contribution in [0.4, 0.5) is 8.78 Å². The third-order valence-corrected chi connectivity index (χ3v) is 6.80. The second-order valence-electron chi connectivity index (χ2n) is 9.69. The summed E-state index contributed by atoms with van der Waals surface area (Å²) in [5.74, 6) is -3.12. The SMILES string of the molecule is CC(C)CCN1CCC(C)N2C(=O)c3c(O)c(=O)c(C(=O)NCc4ccc(F)cc4F)cn3CC12. The van der Waals surface area contributed by atoms with Crippen LogP contribution in [0.3, 0.4) is 0 Å². The summed E-state index contributed by atoms with van der Waals surface area (Å²) in [6, 6.07) is 2.91. The lowest BCUT2D eigenvalue weighted by atomic mass is 10.0. The Bertz CT molecular complexity index is 1210. The second-order valence-corrected chi connectivity index (χ2v) is 9.69. The number of halogens is 2. The Morgan fingerprint density at radius 2 is 2.00 bits per heavy atom. The number of nitrogens with one attached hydrogen (secondary N) is 1. The van der Waals surface area contributed by atoms with E-state index in [1.807, 2.05) is 6.92 Å². The number of nitrogens with zero attached hydrogens (tertiary/aromatic N) is 3. The Balaban J connectivity index is 1.62. The molecule has 2 amide bonds. The van der Waals surface area contributed by atoms with Crippen molar-refractivity contribution < 1.29 is 23.5 Å². The van der Waals surface area contributed by atoms with Crippen LogP contribution < -0.4 is 10.7 Å². The van der Waals surface area contributed by atoms with Gasteiger partial charge in [-0.05, 0) is 31.7 Å². The van der Waals surface area contributed by atoms with Crippen molar-refractivity contribution in [1.82, 2.24) is 19.7 Å². The minimum Gasteiger partial charge on any atom is -0.503 e. The molecule has 2 aromatic rings. The van der Waals surface area contributed by atoms with Gasteiger partial charge in [-0.3, -0.25) is 19.3 Å². The van der Waals surface area contributed by atoms with E-state index in [4.69, 9.17) is 0 Å². The first-order valence-corrected chi connectivity index (χ1v) is 11.8. The lowest BCUT2D eigenvalue weighted by Gasteiger charge is -2.50. The zero-order valence-corrected chi connectivity index (χ0v) is 20.1. The molecule has 0 spiro atoms. The fourth-order valence-electron chi connectivity index (χ4n) is 4.75. The number of aromatic hydroxyl groups is 1. The van der Waals surface area contributed by atoms with Gasteiger partial charge < -0.3 is 19.9 Å². The van der Waals surface area contributed by atoms with Crippen molar-refractivity contribution in [3.63, 3.8) is 0 Å². The molecule has 1 aromatic carbocycles. The number of aromatic nitrogens is 1. The van der Waals surface area contributed by atoms with Crippen LogP contribution in [-0.2, 0) is 13.1 Å². The molecule has 8 nitrogen and oxygen atoms in total. The fourth-order valence-corrected chi connectivity index (χ4v) is 4.75. The van der Waals surface area contributed by atoms with Gasteiger partial charge in [-0.25, -0.2) is 8.78 Å². The third kappa shape index (κ3) is 4.80. The molecule has 2 aliphatic heterocycles. The van der Waals surface area contributed by atoms with Gasteiger partial charge >= 0.3 is 0 Å². The molecule has 0 radical (unpaired) electrons. The summed E-state index contributed by atoms with van der Waals surface area (Å²) in [5.41, 5.74) is -1.41. The molecule has 2 atom stereocenters. The molecule has 4 rings (SSSR count).